The van der Waals surface area contributed by atoms with E-state index >= 15 is 0 Å². The van der Waals surface area contributed by atoms with Gasteiger partial charge in [0.05, 0.1) is 10.6 Å². The number of amides is 1. The van der Waals surface area contributed by atoms with Crippen molar-refractivity contribution in [3.8, 4) is 0 Å². The molecule has 0 radical (unpaired) electrons. The summed E-state index contributed by atoms with van der Waals surface area (Å²) in [4.78, 5) is 14.7. The summed E-state index contributed by atoms with van der Waals surface area (Å²) in [5.74, 6) is -0.0102. The maximum Gasteiger partial charge on any atom is 0.244 e. The van der Waals surface area contributed by atoms with Crippen LogP contribution in [0.4, 0.5) is 5.13 Å². The molecule has 3 rings (SSSR count). The number of nitrogens with zero attached hydrogens (tertiary/aromatic N) is 4. The number of nitrogen functional groups attached to an aromatic ring is 1. The van der Waals surface area contributed by atoms with Crippen molar-refractivity contribution in [3.63, 3.8) is 0 Å². The topological polar surface area (TPSA) is 109 Å². The van der Waals surface area contributed by atoms with Crippen molar-refractivity contribution in [1.29, 1.82) is 0 Å². The Labute approximate surface area is 173 Å². The van der Waals surface area contributed by atoms with Crippen LogP contribution >= 0.6 is 23.1 Å². The van der Waals surface area contributed by atoms with Gasteiger partial charge in [0.15, 0.2) is 4.34 Å². The van der Waals surface area contributed by atoms with E-state index in [9.17, 15) is 13.2 Å². The molecule has 0 spiro atoms. The van der Waals surface area contributed by atoms with E-state index in [1.165, 1.54) is 27.4 Å². The Balaban J connectivity index is 1.77. The van der Waals surface area contributed by atoms with Gasteiger partial charge in [-0.2, -0.15) is 4.31 Å². The van der Waals surface area contributed by atoms with Crippen molar-refractivity contribution in [1.82, 2.24) is 19.4 Å². The minimum absolute atomic E-state index is 0.0474. The second-order valence-corrected chi connectivity index (χ2v) is 11.0. The summed E-state index contributed by atoms with van der Waals surface area (Å²) in [6.07, 6.45) is -0.515. The molecular weight excluding hydrogens is 418 g/mol. The molecule has 2 heterocycles. The van der Waals surface area contributed by atoms with Crippen molar-refractivity contribution in [3.05, 3.63) is 29.8 Å². The minimum Gasteiger partial charge on any atom is -0.374 e. The highest BCUT2D eigenvalue weighted by Gasteiger charge is 2.43. The predicted octanol–water partition coefficient (Wildman–Crippen LogP) is 2.04. The van der Waals surface area contributed by atoms with Gasteiger partial charge in [-0.05, 0) is 25.0 Å². The minimum atomic E-state index is -3.68. The van der Waals surface area contributed by atoms with Crippen molar-refractivity contribution in [2.24, 2.45) is 5.92 Å². The van der Waals surface area contributed by atoms with Crippen LogP contribution in [0.25, 0.3) is 0 Å². The Morgan fingerprint density at radius 2 is 1.96 bits per heavy atom. The molecule has 1 amide bonds. The normalized spacial score (nSPS) is 18.1. The lowest BCUT2D eigenvalue weighted by molar-refractivity contribution is -0.130. The molecule has 0 bridgehead atoms. The number of hydrogen-bond acceptors (Lipinski definition) is 8. The Kier molecular flexibility index (Phi) is 6.28. The molecule has 1 aliphatic rings. The lowest BCUT2D eigenvalue weighted by Gasteiger charge is -2.32. The molecule has 1 aliphatic heterocycles. The van der Waals surface area contributed by atoms with Crippen LogP contribution in [0.15, 0.2) is 33.5 Å². The Hall–Kier alpha value is -1.69. The van der Waals surface area contributed by atoms with Gasteiger partial charge < -0.3 is 10.6 Å². The number of thioether (sulfide) groups is 1. The maximum atomic E-state index is 13.2. The largest absolute Gasteiger partial charge is 0.374 e. The fraction of sp³-hybridized carbons (Fsp3) is 0.471. The summed E-state index contributed by atoms with van der Waals surface area (Å²) < 4.78 is 28.4. The van der Waals surface area contributed by atoms with E-state index < -0.39 is 16.2 Å². The molecule has 1 atom stereocenters. The van der Waals surface area contributed by atoms with Crippen LogP contribution in [-0.4, -0.2) is 58.7 Å². The van der Waals surface area contributed by atoms with Crippen molar-refractivity contribution in [2.75, 3.05) is 24.6 Å². The van der Waals surface area contributed by atoms with Gasteiger partial charge in [-0.25, -0.2) is 8.42 Å². The number of hydrogen-bond donors (Lipinski definition) is 1. The van der Waals surface area contributed by atoms with Crippen LogP contribution in [-0.2, 0) is 14.8 Å². The van der Waals surface area contributed by atoms with E-state index in [0.29, 0.717) is 16.0 Å². The van der Waals surface area contributed by atoms with Crippen LogP contribution in [0.5, 0.6) is 0 Å². The van der Waals surface area contributed by atoms with E-state index in [1.807, 2.05) is 20.8 Å². The number of aryl methyl sites for hydroxylation is 1. The first kappa shape index (κ1) is 21.0. The number of benzene rings is 1. The van der Waals surface area contributed by atoms with Gasteiger partial charge in [-0.15, -0.1) is 10.2 Å². The molecule has 1 saturated heterocycles. The third-order valence-electron chi connectivity index (χ3n) is 4.46. The predicted molar refractivity (Wildman–Crippen MR) is 110 cm³/mol. The van der Waals surface area contributed by atoms with E-state index in [4.69, 9.17) is 5.73 Å². The average molecular weight is 442 g/mol. The van der Waals surface area contributed by atoms with Crippen LogP contribution < -0.4 is 5.73 Å². The zero-order valence-corrected chi connectivity index (χ0v) is 18.4. The highest BCUT2D eigenvalue weighted by molar-refractivity contribution is 8.01. The molecule has 2 N–H and O–H groups in total. The maximum absolute atomic E-state index is 13.2. The van der Waals surface area contributed by atoms with Gasteiger partial charge in [0.1, 0.15) is 6.17 Å². The molecule has 28 heavy (non-hydrogen) atoms. The second-order valence-electron chi connectivity index (χ2n) is 6.87. The average Bonchev–Trinajstić information content (AvgIpc) is 3.26. The summed E-state index contributed by atoms with van der Waals surface area (Å²) in [7, 11) is -3.68. The summed E-state index contributed by atoms with van der Waals surface area (Å²) in [6.45, 7) is 6.40. The summed E-state index contributed by atoms with van der Waals surface area (Å²) >= 11 is 2.49. The Morgan fingerprint density at radius 1 is 1.29 bits per heavy atom. The van der Waals surface area contributed by atoms with Gasteiger partial charge in [-0.1, -0.05) is 54.6 Å². The van der Waals surface area contributed by atoms with E-state index in [1.54, 1.807) is 29.2 Å². The third-order valence-corrected chi connectivity index (χ3v) is 8.22. The van der Waals surface area contributed by atoms with Crippen molar-refractivity contribution >= 4 is 44.2 Å². The summed E-state index contributed by atoms with van der Waals surface area (Å²) in [5, 5.41) is 7.98. The Bertz CT molecular complexity index is 943. The lowest BCUT2D eigenvalue weighted by Crippen LogP contribution is -2.48. The second kappa shape index (κ2) is 8.36. The third kappa shape index (κ3) is 4.32. The molecule has 152 valence electrons. The molecule has 2 aromatic rings. The number of anilines is 1. The van der Waals surface area contributed by atoms with Crippen LogP contribution in [0, 0.1) is 12.8 Å². The zero-order valence-electron chi connectivity index (χ0n) is 15.9. The fourth-order valence-corrected chi connectivity index (χ4v) is 6.42. The molecule has 1 unspecified atom stereocenters. The number of sulfonamides is 1. The molecule has 1 fully saturated rings. The van der Waals surface area contributed by atoms with Crippen molar-refractivity contribution < 1.29 is 13.2 Å². The lowest BCUT2D eigenvalue weighted by atomic mass is 10.1. The van der Waals surface area contributed by atoms with E-state index in [-0.39, 0.29) is 29.0 Å². The molecule has 1 aromatic heterocycles. The highest BCUT2D eigenvalue weighted by atomic mass is 32.2. The fourth-order valence-electron chi connectivity index (χ4n) is 3.18. The quantitative estimate of drug-likeness (QED) is 0.683. The first-order valence-corrected chi connectivity index (χ1v) is 12.0. The van der Waals surface area contributed by atoms with Gasteiger partial charge in [0, 0.05) is 13.1 Å². The van der Waals surface area contributed by atoms with Crippen LogP contribution in [0.1, 0.15) is 19.4 Å². The highest BCUT2D eigenvalue weighted by Crippen LogP contribution is 2.30. The molecular formula is C17H23N5O3S3. The number of carbonyl (C=O) groups is 1. The Morgan fingerprint density at radius 3 is 2.54 bits per heavy atom. The van der Waals surface area contributed by atoms with Gasteiger partial charge in [0.25, 0.3) is 0 Å². The van der Waals surface area contributed by atoms with Gasteiger partial charge >= 0.3 is 0 Å². The summed E-state index contributed by atoms with van der Waals surface area (Å²) in [6, 6.07) is 6.78. The smallest absolute Gasteiger partial charge is 0.244 e. The monoisotopic (exact) mass is 441 g/mol. The number of aromatic nitrogens is 2. The van der Waals surface area contributed by atoms with E-state index in [0.717, 1.165) is 5.56 Å². The van der Waals surface area contributed by atoms with Crippen LogP contribution in [0.2, 0.25) is 0 Å². The first-order chi connectivity index (χ1) is 13.2. The van der Waals surface area contributed by atoms with Gasteiger partial charge in [-0.3, -0.25) is 4.79 Å². The molecule has 8 nitrogen and oxygen atoms in total. The van der Waals surface area contributed by atoms with Gasteiger partial charge in [0.2, 0.25) is 21.1 Å². The SMILES string of the molecule is Cc1ccc(S(=O)(=O)N2CCN(C(=O)CSc3nnc(N)s3)C2C(C)C)cc1. The molecule has 0 saturated carbocycles. The standard InChI is InChI=1S/C17H23N5O3S3/c1-11(2)15-21(14(23)10-26-17-20-19-16(18)27-17)8-9-22(15)28(24,25)13-6-4-12(3)5-7-13/h4-7,11,15H,8-10H2,1-3H3,(H2,18,19). The number of nitrogens with two attached hydrogens (primary N) is 1. The molecule has 11 heteroatoms. The van der Waals surface area contributed by atoms with Crippen LogP contribution in [0.3, 0.4) is 0 Å². The molecule has 1 aromatic carbocycles. The summed E-state index contributed by atoms with van der Waals surface area (Å²) in [5.41, 5.74) is 6.55. The number of carbonyl (C=O) groups excluding carboxylic acids is 1. The number of rotatable bonds is 6. The van der Waals surface area contributed by atoms with E-state index in [2.05, 4.69) is 10.2 Å². The molecule has 0 aliphatic carbocycles. The van der Waals surface area contributed by atoms with Crippen molar-refractivity contribution in [2.45, 2.75) is 36.2 Å². The first-order valence-electron chi connectivity index (χ1n) is 8.80. The zero-order chi connectivity index (χ0) is 20.5.